The molecule has 2 unspecified atom stereocenters. The van der Waals surface area contributed by atoms with Gasteiger partial charge in [0.1, 0.15) is 0 Å². The van der Waals surface area contributed by atoms with Crippen molar-refractivity contribution in [3.63, 3.8) is 0 Å². The zero-order valence-electron chi connectivity index (χ0n) is 8.25. The highest BCUT2D eigenvalue weighted by Gasteiger charge is 2.14. The van der Waals surface area contributed by atoms with Gasteiger partial charge in [-0.05, 0) is 13.3 Å². The van der Waals surface area contributed by atoms with Crippen molar-refractivity contribution in [2.24, 2.45) is 5.92 Å². The average molecular weight is 176 g/mol. The molecule has 0 aliphatic heterocycles. The van der Waals surface area contributed by atoms with E-state index >= 15 is 0 Å². The maximum atomic E-state index is 8.94. The van der Waals surface area contributed by atoms with Crippen LogP contribution in [-0.4, -0.2) is 38.1 Å². The van der Waals surface area contributed by atoms with E-state index in [9.17, 15) is 0 Å². The monoisotopic (exact) mass is 176 g/mol. The molecule has 3 nitrogen and oxygen atoms in total. The van der Waals surface area contributed by atoms with Gasteiger partial charge >= 0.3 is 0 Å². The van der Waals surface area contributed by atoms with Crippen molar-refractivity contribution in [2.45, 2.75) is 26.4 Å². The van der Waals surface area contributed by atoms with Gasteiger partial charge in [0.05, 0.1) is 19.3 Å². The number of rotatable bonds is 7. The minimum atomic E-state index is 0.121. The molecule has 0 heterocycles. The Bertz CT molecular complexity index is 91.8. The lowest BCUT2D eigenvalue weighted by Gasteiger charge is -2.20. The van der Waals surface area contributed by atoms with E-state index in [2.05, 4.69) is 6.92 Å². The van der Waals surface area contributed by atoms with Gasteiger partial charge in [0.15, 0.2) is 0 Å². The molecule has 0 radical (unpaired) electrons. The van der Waals surface area contributed by atoms with Crippen LogP contribution in [0.15, 0.2) is 0 Å². The van der Waals surface area contributed by atoms with Crippen LogP contribution >= 0.6 is 0 Å². The second-order valence-electron chi connectivity index (χ2n) is 2.92. The van der Waals surface area contributed by atoms with Gasteiger partial charge in [-0.15, -0.1) is 0 Å². The Balaban J connectivity index is 3.47. The molecule has 3 heteroatoms. The van der Waals surface area contributed by atoms with E-state index in [-0.39, 0.29) is 18.6 Å². The van der Waals surface area contributed by atoms with Crippen molar-refractivity contribution < 1.29 is 14.6 Å². The summed E-state index contributed by atoms with van der Waals surface area (Å²) in [5.74, 6) is 0.252. The largest absolute Gasteiger partial charge is 0.396 e. The van der Waals surface area contributed by atoms with Crippen LogP contribution in [0.3, 0.4) is 0 Å². The molecule has 0 aliphatic rings. The molecule has 12 heavy (non-hydrogen) atoms. The lowest BCUT2D eigenvalue weighted by molar-refractivity contribution is -0.0175. The fourth-order valence-corrected chi connectivity index (χ4v) is 1.06. The summed E-state index contributed by atoms with van der Waals surface area (Å²) >= 11 is 0. The Kier molecular flexibility index (Phi) is 7.45. The van der Waals surface area contributed by atoms with Crippen LogP contribution in [0.1, 0.15) is 20.3 Å². The van der Waals surface area contributed by atoms with Gasteiger partial charge in [0, 0.05) is 19.6 Å². The first-order chi connectivity index (χ1) is 5.76. The van der Waals surface area contributed by atoms with Crippen LogP contribution < -0.4 is 0 Å². The van der Waals surface area contributed by atoms with E-state index < -0.39 is 0 Å². The van der Waals surface area contributed by atoms with Gasteiger partial charge in [-0.1, -0.05) is 6.92 Å². The third-order valence-corrected chi connectivity index (χ3v) is 2.09. The predicted octanol–water partition coefficient (Wildman–Crippen LogP) is 1.06. The van der Waals surface area contributed by atoms with Crippen molar-refractivity contribution in [3.8, 4) is 0 Å². The van der Waals surface area contributed by atoms with E-state index in [1.165, 1.54) is 0 Å². The molecule has 1 N–H and O–H groups in total. The van der Waals surface area contributed by atoms with Crippen LogP contribution in [0.25, 0.3) is 0 Å². The standard InChI is InChI=1S/C9H20O3/c1-4-9(7-10)8(2)12-6-5-11-3/h8-10H,4-7H2,1-3H3. The van der Waals surface area contributed by atoms with Crippen LogP contribution in [0.4, 0.5) is 0 Å². The zero-order valence-corrected chi connectivity index (χ0v) is 8.25. The lowest BCUT2D eigenvalue weighted by atomic mass is 10.0. The van der Waals surface area contributed by atoms with Crippen molar-refractivity contribution in [1.29, 1.82) is 0 Å². The van der Waals surface area contributed by atoms with Crippen molar-refractivity contribution in [3.05, 3.63) is 0 Å². The normalized spacial score (nSPS) is 16.0. The number of aliphatic hydroxyl groups excluding tert-OH is 1. The number of hydrogen-bond acceptors (Lipinski definition) is 3. The third-order valence-electron chi connectivity index (χ3n) is 2.09. The highest BCUT2D eigenvalue weighted by atomic mass is 16.5. The van der Waals surface area contributed by atoms with Crippen molar-refractivity contribution in [2.75, 3.05) is 26.9 Å². The van der Waals surface area contributed by atoms with Gasteiger partial charge in [-0.2, -0.15) is 0 Å². The summed E-state index contributed by atoms with van der Waals surface area (Å²) in [6.07, 6.45) is 1.07. The molecule has 0 aromatic heterocycles. The lowest BCUT2D eigenvalue weighted by Crippen LogP contribution is -2.24. The number of methoxy groups -OCH3 is 1. The first-order valence-electron chi connectivity index (χ1n) is 4.47. The minimum absolute atomic E-state index is 0.121. The first-order valence-corrected chi connectivity index (χ1v) is 4.47. The van der Waals surface area contributed by atoms with E-state index in [4.69, 9.17) is 14.6 Å². The molecule has 0 amide bonds. The molecule has 74 valence electrons. The number of hydrogen-bond donors (Lipinski definition) is 1. The summed E-state index contributed by atoms with van der Waals surface area (Å²) in [6, 6.07) is 0. The Morgan fingerprint density at radius 2 is 2.00 bits per heavy atom. The average Bonchev–Trinajstić information content (AvgIpc) is 2.07. The van der Waals surface area contributed by atoms with E-state index in [1.807, 2.05) is 6.92 Å². The van der Waals surface area contributed by atoms with Crippen molar-refractivity contribution >= 4 is 0 Å². The maximum absolute atomic E-state index is 8.94. The molecule has 0 bridgehead atoms. The Hall–Kier alpha value is -0.120. The Labute approximate surface area is 74.7 Å². The summed E-state index contributed by atoms with van der Waals surface area (Å²) in [7, 11) is 1.65. The molecule has 0 aromatic carbocycles. The SMILES string of the molecule is CCC(CO)C(C)OCCOC. The fraction of sp³-hybridized carbons (Fsp3) is 1.00. The molecule has 2 atom stereocenters. The van der Waals surface area contributed by atoms with Gasteiger partial charge in [-0.25, -0.2) is 0 Å². The fourth-order valence-electron chi connectivity index (χ4n) is 1.06. The molecule has 0 saturated carbocycles. The van der Waals surface area contributed by atoms with E-state index in [0.29, 0.717) is 13.2 Å². The molecule has 0 aromatic rings. The van der Waals surface area contributed by atoms with E-state index in [1.54, 1.807) is 7.11 Å². The quantitative estimate of drug-likeness (QED) is 0.589. The zero-order chi connectivity index (χ0) is 9.40. The Morgan fingerprint density at radius 1 is 1.33 bits per heavy atom. The van der Waals surface area contributed by atoms with Crippen LogP contribution in [0, 0.1) is 5.92 Å². The molecule has 0 aliphatic carbocycles. The van der Waals surface area contributed by atoms with Gasteiger partial charge < -0.3 is 14.6 Å². The predicted molar refractivity (Wildman–Crippen MR) is 48.2 cm³/mol. The molecule has 0 saturated heterocycles. The second kappa shape index (κ2) is 7.53. The molecular weight excluding hydrogens is 156 g/mol. The van der Waals surface area contributed by atoms with Gasteiger partial charge in [0.25, 0.3) is 0 Å². The summed E-state index contributed by atoms with van der Waals surface area (Å²) < 4.78 is 10.3. The Morgan fingerprint density at radius 3 is 2.42 bits per heavy atom. The maximum Gasteiger partial charge on any atom is 0.0704 e. The minimum Gasteiger partial charge on any atom is -0.396 e. The molecule has 0 spiro atoms. The smallest absolute Gasteiger partial charge is 0.0704 e. The summed E-state index contributed by atoms with van der Waals surface area (Å²) in [4.78, 5) is 0. The van der Waals surface area contributed by atoms with Crippen LogP contribution in [0.5, 0.6) is 0 Å². The number of aliphatic hydroxyl groups is 1. The highest BCUT2D eigenvalue weighted by molar-refractivity contribution is 4.62. The summed E-state index contributed by atoms with van der Waals surface area (Å²) in [6.45, 7) is 5.46. The summed E-state index contributed by atoms with van der Waals surface area (Å²) in [5, 5.41) is 8.94. The topological polar surface area (TPSA) is 38.7 Å². The second-order valence-corrected chi connectivity index (χ2v) is 2.92. The third kappa shape index (κ3) is 4.70. The highest BCUT2D eigenvalue weighted by Crippen LogP contribution is 2.10. The van der Waals surface area contributed by atoms with Gasteiger partial charge in [-0.3, -0.25) is 0 Å². The van der Waals surface area contributed by atoms with Gasteiger partial charge in [0.2, 0.25) is 0 Å². The molecule has 0 rings (SSSR count). The van der Waals surface area contributed by atoms with Crippen LogP contribution in [-0.2, 0) is 9.47 Å². The van der Waals surface area contributed by atoms with Crippen LogP contribution in [0.2, 0.25) is 0 Å². The first kappa shape index (κ1) is 11.9. The molecule has 0 fully saturated rings. The number of ether oxygens (including phenoxy) is 2. The molecular formula is C9H20O3. The van der Waals surface area contributed by atoms with Crippen molar-refractivity contribution in [1.82, 2.24) is 0 Å². The van der Waals surface area contributed by atoms with E-state index in [0.717, 1.165) is 6.42 Å². The summed E-state index contributed by atoms with van der Waals surface area (Å²) in [5.41, 5.74) is 0.